The first-order valence-electron chi connectivity index (χ1n) is 9.21. The predicted octanol–water partition coefficient (Wildman–Crippen LogP) is 1.29. The van der Waals surface area contributed by atoms with Crippen LogP contribution in [0.1, 0.15) is 31.2 Å². The van der Waals surface area contributed by atoms with Crippen LogP contribution in [-0.4, -0.2) is 54.7 Å². The Bertz CT molecular complexity index is 545. The highest BCUT2D eigenvalue weighted by atomic mass is 16.5. The van der Waals surface area contributed by atoms with Crippen LogP contribution >= 0.6 is 0 Å². The third-order valence-corrected chi connectivity index (χ3v) is 5.68. The standard InChI is InChI=1S/C19H27N3O2/c23-19(18-13-24-9-8-20-18)21-15-10-16-6-7-17(11-15)22(16)12-14-4-2-1-3-5-14/h1-5,15-18,20H,6-13H2,(H,21,23). The predicted molar refractivity (Wildman–Crippen MR) is 92.6 cm³/mol. The Labute approximate surface area is 143 Å². The molecule has 1 aromatic rings. The van der Waals surface area contributed by atoms with Crippen molar-refractivity contribution in [1.82, 2.24) is 15.5 Å². The molecule has 0 radical (unpaired) electrons. The minimum Gasteiger partial charge on any atom is -0.378 e. The molecule has 0 saturated carbocycles. The van der Waals surface area contributed by atoms with E-state index in [0.29, 0.717) is 31.3 Å². The molecule has 2 bridgehead atoms. The average molecular weight is 329 g/mol. The Morgan fingerprint density at radius 1 is 1.21 bits per heavy atom. The van der Waals surface area contributed by atoms with E-state index in [-0.39, 0.29) is 11.9 Å². The summed E-state index contributed by atoms with van der Waals surface area (Å²) >= 11 is 0. The van der Waals surface area contributed by atoms with E-state index in [9.17, 15) is 4.79 Å². The molecule has 0 aliphatic carbocycles. The number of ether oxygens (including phenoxy) is 1. The molecule has 3 aliphatic heterocycles. The Kier molecular flexibility index (Phi) is 4.83. The molecule has 1 amide bonds. The molecular weight excluding hydrogens is 302 g/mol. The largest absolute Gasteiger partial charge is 0.378 e. The van der Waals surface area contributed by atoms with Gasteiger partial charge in [0.15, 0.2) is 0 Å². The number of hydrogen-bond acceptors (Lipinski definition) is 4. The molecule has 2 N–H and O–H groups in total. The smallest absolute Gasteiger partial charge is 0.239 e. The van der Waals surface area contributed by atoms with Crippen molar-refractivity contribution in [3.63, 3.8) is 0 Å². The minimum atomic E-state index is -0.182. The molecule has 3 saturated heterocycles. The number of benzene rings is 1. The fraction of sp³-hybridized carbons (Fsp3) is 0.632. The first-order valence-corrected chi connectivity index (χ1v) is 9.21. The average Bonchev–Trinajstić information content (AvgIpc) is 2.86. The van der Waals surface area contributed by atoms with Crippen molar-refractivity contribution in [3.8, 4) is 0 Å². The topological polar surface area (TPSA) is 53.6 Å². The fourth-order valence-corrected chi connectivity index (χ4v) is 4.48. The van der Waals surface area contributed by atoms with Gasteiger partial charge in [-0.15, -0.1) is 0 Å². The summed E-state index contributed by atoms with van der Waals surface area (Å²) in [5, 5.41) is 6.51. The van der Waals surface area contributed by atoms with Crippen LogP contribution < -0.4 is 10.6 Å². The van der Waals surface area contributed by atoms with Crippen LogP contribution in [0, 0.1) is 0 Å². The van der Waals surface area contributed by atoms with Gasteiger partial charge < -0.3 is 15.4 Å². The van der Waals surface area contributed by atoms with E-state index in [4.69, 9.17) is 4.74 Å². The van der Waals surface area contributed by atoms with Crippen molar-refractivity contribution >= 4 is 5.91 Å². The minimum absolute atomic E-state index is 0.107. The summed E-state index contributed by atoms with van der Waals surface area (Å²) in [5.41, 5.74) is 1.39. The van der Waals surface area contributed by atoms with Crippen LogP contribution in [0.2, 0.25) is 0 Å². The maximum Gasteiger partial charge on any atom is 0.239 e. The monoisotopic (exact) mass is 329 g/mol. The number of nitrogens with one attached hydrogen (secondary N) is 2. The van der Waals surface area contributed by atoms with E-state index in [0.717, 1.165) is 25.9 Å². The Balaban J connectivity index is 1.33. The summed E-state index contributed by atoms with van der Waals surface area (Å²) in [4.78, 5) is 15.1. The van der Waals surface area contributed by atoms with Crippen LogP contribution in [0.15, 0.2) is 30.3 Å². The number of hydrogen-bond donors (Lipinski definition) is 2. The maximum absolute atomic E-state index is 12.4. The van der Waals surface area contributed by atoms with E-state index < -0.39 is 0 Å². The van der Waals surface area contributed by atoms with Gasteiger partial charge in [-0.1, -0.05) is 30.3 Å². The van der Waals surface area contributed by atoms with Gasteiger partial charge in [-0.05, 0) is 31.2 Å². The molecule has 3 fully saturated rings. The van der Waals surface area contributed by atoms with Gasteiger partial charge >= 0.3 is 0 Å². The van der Waals surface area contributed by atoms with Crippen molar-refractivity contribution < 1.29 is 9.53 Å². The first kappa shape index (κ1) is 16.1. The second-order valence-electron chi connectivity index (χ2n) is 7.30. The molecule has 1 aromatic carbocycles. The second-order valence-corrected chi connectivity index (χ2v) is 7.30. The molecule has 0 aromatic heterocycles. The summed E-state index contributed by atoms with van der Waals surface area (Å²) in [6, 6.07) is 12.1. The van der Waals surface area contributed by atoms with Gasteiger partial charge in [0.1, 0.15) is 6.04 Å². The normalized spacial score (nSPS) is 33.3. The fourth-order valence-electron chi connectivity index (χ4n) is 4.48. The molecule has 3 atom stereocenters. The van der Waals surface area contributed by atoms with Gasteiger partial charge in [0.05, 0.1) is 13.2 Å². The zero-order chi connectivity index (χ0) is 16.4. The van der Waals surface area contributed by atoms with E-state index >= 15 is 0 Å². The quantitative estimate of drug-likeness (QED) is 0.874. The zero-order valence-corrected chi connectivity index (χ0v) is 14.1. The lowest BCUT2D eigenvalue weighted by molar-refractivity contribution is -0.127. The Morgan fingerprint density at radius 3 is 2.62 bits per heavy atom. The number of rotatable bonds is 4. The highest BCUT2D eigenvalue weighted by molar-refractivity contribution is 5.82. The van der Waals surface area contributed by atoms with E-state index in [1.807, 2.05) is 0 Å². The van der Waals surface area contributed by atoms with Gasteiger partial charge in [-0.2, -0.15) is 0 Å². The summed E-state index contributed by atoms with van der Waals surface area (Å²) in [5.74, 6) is 0.107. The number of morpholine rings is 1. The van der Waals surface area contributed by atoms with Gasteiger partial charge in [-0.3, -0.25) is 9.69 Å². The van der Waals surface area contributed by atoms with E-state index in [1.54, 1.807) is 0 Å². The lowest BCUT2D eigenvalue weighted by Gasteiger charge is -2.39. The third-order valence-electron chi connectivity index (χ3n) is 5.68. The van der Waals surface area contributed by atoms with Crippen LogP contribution in [0.4, 0.5) is 0 Å². The third kappa shape index (κ3) is 3.48. The van der Waals surface area contributed by atoms with Crippen LogP contribution in [0.5, 0.6) is 0 Å². The highest BCUT2D eigenvalue weighted by Gasteiger charge is 2.41. The SMILES string of the molecule is O=C(NC1CC2CCC(C1)N2Cc1ccccc1)C1COCCN1. The molecule has 5 nitrogen and oxygen atoms in total. The molecule has 130 valence electrons. The summed E-state index contributed by atoms with van der Waals surface area (Å²) in [6.45, 7) is 2.99. The number of fused-ring (bicyclic) bond motifs is 2. The van der Waals surface area contributed by atoms with Crippen molar-refractivity contribution in [1.29, 1.82) is 0 Å². The molecule has 3 heterocycles. The lowest BCUT2D eigenvalue weighted by atomic mass is 9.96. The molecular formula is C19H27N3O2. The van der Waals surface area contributed by atoms with Gasteiger partial charge in [0.25, 0.3) is 0 Å². The van der Waals surface area contributed by atoms with E-state index in [1.165, 1.54) is 18.4 Å². The molecule has 5 heteroatoms. The molecule has 0 spiro atoms. The number of piperidine rings is 1. The zero-order valence-electron chi connectivity index (χ0n) is 14.1. The molecule has 3 unspecified atom stereocenters. The van der Waals surface area contributed by atoms with Gasteiger partial charge in [0, 0.05) is 31.2 Å². The maximum atomic E-state index is 12.4. The number of nitrogens with zero attached hydrogens (tertiary/aromatic N) is 1. The lowest BCUT2D eigenvalue weighted by Crippen LogP contribution is -2.56. The number of carbonyl (C=O) groups excluding carboxylic acids is 1. The van der Waals surface area contributed by atoms with Crippen molar-refractivity contribution in [2.24, 2.45) is 0 Å². The van der Waals surface area contributed by atoms with Crippen molar-refractivity contribution in [2.45, 2.75) is 56.4 Å². The first-order chi connectivity index (χ1) is 11.8. The summed E-state index contributed by atoms with van der Waals surface area (Å²) < 4.78 is 5.40. The molecule has 24 heavy (non-hydrogen) atoms. The molecule has 3 aliphatic rings. The highest BCUT2D eigenvalue weighted by Crippen LogP contribution is 2.36. The van der Waals surface area contributed by atoms with Crippen molar-refractivity contribution in [3.05, 3.63) is 35.9 Å². The Morgan fingerprint density at radius 2 is 1.96 bits per heavy atom. The van der Waals surface area contributed by atoms with Crippen LogP contribution in [0.3, 0.4) is 0 Å². The molecule has 4 rings (SSSR count). The van der Waals surface area contributed by atoms with Crippen LogP contribution in [-0.2, 0) is 16.1 Å². The number of carbonyl (C=O) groups is 1. The van der Waals surface area contributed by atoms with Gasteiger partial charge in [0.2, 0.25) is 5.91 Å². The Hall–Kier alpha value is -1.43. The van der Waals surface area contributed by atoms with Crippen molar-refractivity contribution in [2.75, 3.05) is 19.8 Å². The second kappa shape index (κ2) is 7.21. The van der Waals surface area contributed by atoms with Gasteiger partial charge in [-0.25, -0.2) is 0 Å². The summed E-state index contributed by atoms with van der Waals surface area (Å²) in [6.07, 6.45) is 4.66. The number of amides is 1. The summed E-state index contributed by atoms with van der Waals surface area (Å²) in [7, 11) is 0. The van der Waals surface area contributed by atoms with Crippen LogP contribution in [0.25, 0.3) is 0 Å². The van der Waals surface area contributed by atoms with E-state index in [2.05, 4.69) is 45.9 Å².